The summed E-state index contributed by atoms with van der Waals surface area (Å²) < 4.78 is 0. The van der Waals surface area contributed by atoms with E-state index in [2.05, 4.69) is 6.92 Å². The lowest BCUT2D eigenvalue weighted by Gasteiger charge is -2.21. The number of aliphatic carboxylic acids is 1. The lowest BCUT2D eigenvalue weighted by atomic mass is 10.2. The van der Waals surface area contributed by atoms with Gasteiger partial charge in [0.15, 0.2) is 0 Å². The first-order valence-corrected chi connectivity index (χ1v) is 7.42. The second-order valence-corrected chi connectivity index (χ2v) is 5.52. The van der Waals surface area contributed by atoms with Gasteiger partial charge in [-0.2, -0.15) is 11.8 Å². The highest BCUT2D eigenvalue weighted by Crippen LogP contribution is 2.19. The quantitative estimate of drug-likeness (QED) is 0.677. The number of carboxylic acid groups (broad SMARTS) is 1. The molecule has 0 aliphatic carbocycles. The van der Waals surface area contributed by atoms with E-state index in [1.165, 1.54) is 24.2 Å². The van der Waals surface area contributed by atoms with Gasteiger partial charge >= 0.3 is 5.97 Å². The van der Waals surface area contributed by atoms with Crippen molar-refractivity contribution in [1.29, 1.82) is 0 Å². The van der Waals surface area contributed by atoms with E-state index in [1.54, 1.807) is 0 Å². The minimum atomic E-state index is -0.869. The van der Waals surface area contributed by atoms with Crippen molar-refractivity contribution in [3.8, 4) is 0 Å². The first-order chi connectivity index (χ1) is 8.16. The molecule has 1 amide bonds. The highest BCUT2D eigenvalue weighted by molar-refractivity contribution is 7.99. The Balaban J connectivity index is 2.20. The van der Waals surface area contributed by atoms with Gasteiger partial charge in [0.1, 0.15) is 6.04 Å². The van der Waals surface area contributed by atoms with Crippen LogP contribution in [-0.4, -0.2) is 46.0 Å². The summed E-state index contributed by atoms with van der Waals surface area (Å²) in [5, 5.41) is 8.97. The van der Waals surface area contributed by atoms with Crippen molar-refractivity contribution in [2.75, 3.05) is 18.1 Å². The van der Waals surface area contributed by atoms with Crippen LogP contribution in [0, 0.1) is 0 Å². The van der Waals surface area contributed by atoms with Gasteiger partial charge in [0.25, 0.3) is 0 Å². The molecule has 5 heteroatoms. The van der Waals surface area contributed by atoms with Crippen LogP contribution in [0.4, 0.5) is 0 Å². The van der Waals surface area contributed by atoms with Crippen LogP contribution in [0.25, 0.3) is 0 Å². The van der Waals surface area contributed by atoms with Gasteiger partial charge in [0.2, 0.25) is 5.91 Å². The van der Waals surface area contributed by atoms with Gasteiger partial charge in [-0.05, 0) is 18.6 Å². The van der Waals surface area contributed by atoms with E-state index in [9.17, 15) is 9.59 Å². The Bertz CT molecular complexity index is 270. The van der Waals surface area contributed by atoms with Crippen LogP contribution >= 0.6 is 11.8 Å². The number of likely N-dealkylation sites (tertiary alicyclic amines) is 1. The highest BCUT2D eigenvalue weighted by atomic mass is 32.2. The SMILES string of the molecule is CCCCCSCCN1C(=O)CCC1C(=O)O. The van der Waals surface area contributed by atoms with Crippen LogP contribution in [0.1, 0.15) is 39.0 Å². The zero-order valence-electron chi connectivity index (χ0n) is 10.4. The Labute approximate surface area is 107 Å². The van der Waals surface area contributed by atoms with Gasteiger partial charge in [-0.25, -0.2) is 4.79 Å². The molecule has 0 aromatic heterocycles. The number of carbonyl (C=O) groups excluding carboxylic acids is 1. The van der Waals surface area contributed by atoms with E-state index in [0.29, 0.717) is 19.4 Å². The second-order valence-electron chi connectivity index (χ2n) is 4.30. The number of carboxylic acids is 1. The third kappa shape index (κ3) is 4.58. The molecule has 4 nitrogen and oxygen atoms in total. The molecule has 1 heterocycles. The summed E-state index contributed by atoms with van der Waals surface area (Å²) in [4.78, 5) is 24.0. The van der Waals surface area contributed by atoms with Crippen molar-refractivity contribution in [3.05, 3.63) is 0 Å². The molecule has 0 radical (unpaired) electrons. The van der Waals surface area contributed by atoms with Crippen LogP contribution in [0.2, 0.25) is 0 Å². The summed E-state index contributed by atoms with van der Waals surface area (Å²) in [5.41, 5.74) is 0. The van der Waals surface area contributed by atoms with E-state index in [-0.39, 0.29) is 5.91 Å². The molecular weight excluding hydrogens is 238 g/mol. The summed E-state index contributed by atoms with van der Waals surface area (Å²) in [6.45, 7) is 2.75. The fraction of sp³-hybridized carbons (Fsp3) is 0.833. The Hall–Kier alpha value is -0.710. The molecule has 1 atom stereocenters. The van der Waals surface area contributed by atoms with Gasteiger partial charge in [-0.3, -0.25) is 4.79 Å². The number of nitrogens with zero attached hydrogens (tertiary/aromatic N) is 1. The van der Waals surface area contributed by atoms with Crippen molar-refractivity contribution in [3.63, 3.8) is 0 Å². The molecule has 17 heavy (non-hydrogen) atoms. The third-order valence-corrected chi connectivity index (χ3v) is 4.03. The number of hydrogen-bond donors (Lipinski definition) is 1. The maximum atomic E-state index is 11.5. The first-order valence-electron chi connectivity index (χ1n) is 6.26. The molecule has 1 aliphatic heterocycles. The number of unbranched alkanes of at least 4 members (excludes halogenated alkanes) is 2. The Kier molecular flexibility index (Phi) is 6.40. The molecule has 0 spiro atoms. The minimum Gasteiger partial charge on any atom is -0.480 e. The van der Waals surface area contributed by atoms with Crippen molar-refractivity contribution >= 4 is 23.6 Å². The summed E-state index contributed by atoms with van der Waals surface area (Å²) >= 11 is 1.81. The molecular formula is C12H21NO3S. The summed E-state index contributed by atoms with van der Waals surface area (Å²) in [6.07, 6.45) is 4.52. The van der Waals surface area contributed by atoms with Crippen molar-refractivity contribution in [1.82, 2.24) is 4.90 Å². The number of hydrogen-bond acceptors (Lipinski definition) is 3. The van der Waals surface area contributed by atoms with E-state index in [0.717, 1.165) is 11.5 Å². The summed E-state index contributed by atoms with van der Waals surface area (Å²) in [5.74, 6) is 1.07. The monoisotopic (exact) mass is 259 g/mol. The maximum absolute atomic E-state index is 11.5. The van der Waals surface area contributed by atoms with Gasteiger partial charge < -0.3 is 10.0 Å². The standard InChI is InChI=1S/C12H21NO3S/c1-2-3-4-8-17-9-7-13-10(12(15)16)5-6-11(13)14/h10H,2-9H2,1H3,(H,15,16). The van der Waals surface area contributed by atoms with Crippen LogP contribution in [0.3, 0.4) is 0 Å². The molecule has 1 fully saturated rings. The fourth-order valence-corrected chi connectivity index (χ4v) is 2.93. The molecule has 98 valence electrons. The van der Waals surface area contributed by atoms with E-state index in [1.807, 2.05) is 11.8 Å². The molecule has 1 unspecified atom stereocenters. The van der Waals surface area contributed by atoms with E-state index >= 15 is 0 Å². The molecule has 1 aliphatic rings. The molecule has 1 rings (SSSR count). The van der Waals surface area contributed by atoms with E-state index < -0.39 is 12.0 Å². The molecule has 0 aromatic carbocycles. The zero-order chi connectivity index (χ0) is 12.7. The first kappa shape index (κ1) is 14.4. The Morgan fingerprint density at radius 1 is 1.47 bits per heavy atom. The predicted octanol–water partition coefficient (Wildman–Crippen LogP) is 1.99. The van der Waals surface area contributed by atoms with Crippen molar-refractivity contribution < 1.29 is 14.7 Å². The largest absolute Gasteiger partial charge is 0.480 e. The average Bonchev–Trinajstić information content (AvgIpc) is 2.65. The third-order valence-electron chi connectivity index (χ3n) is 2.98. The number of rotatable bonds is 8. The van der Waals surface area contributed by atoms with E-state index in [4.69, 9.17) is 5.11 Å². The van der Waals surface area contributed by atoms with Crippen LogP contribution in [0.15, 0.2) is 0 Å². The van der Waals surface area contributed by atoms with Crippen LogP contribution < -0.4 is 0 Å². The maximum Gasteiger partial charge on any atom is 0.326 e. The second kappa shape index (κ2) is 7.58. The zero-order valence-corrected chi connectivity index (χ0v) is 11.2. The van der Waals surface area contributed by atoms with Crippen molar-refractivity contribution in [2.24, 2.45) is 0 Å². The van der Waals surface area contributed by atoms with Gasteiger partial charge in [-0.1, -0.05) is 19.8 Å². The normalized spacial score (nSPS) is 19.9. The topological polar surface area (TPSA) is 57.6 Å². The fourth-order valence-electron chi connectivity index (χ4n) is 1.99. The summed E-state index contributed by atoms with van der Waals surface area (Å²) in [7, 11) is 0. The van der Waals surface area contributed by atoms with Crippen LogP contribution in [-0.2, 0) is 9.59 Å². The van der Waals surface area contributed by atoms with Crippen LogP contribution in [0.5, 0.6) is 0 Å². The molecule has 0 saturated carbocycles. The number of thioether (sulfide) groups is 1. The Morgan fingerprint density at radius 2 is 2.24 bits per heavy atom. The molecule has 1 N–H and O–H groups in total. The average molecular weight is 259 g/mol. The molecule has 0 aromatic rings. The summed E-state index contributed by atoms with van der Waals surface area (Å²) in [6, 6.07) is -0.584. The van der Waals surface area contributed by atoms with Gasteiger partial charge in [0, 0.05) is 18.7 Å². The number of carbonyl (C=O) groups is 2. The van der Waals surface area contributed by atoms with Gasteiger partial charge in [-0.15, -0.1) is 0 Å². The Morgan fingerprint density at radius 3 is 2.88 bits per heavy atom. The molecule has 0 bridgehead atoms. The van der Waals surface area contributed by atoms with Gasteiger partial charge in [0.05, 0.1) is 0 Å². The lowest BCUT2D eigenvalue weighted by Crippen LogP contribution is -2.39. The predicted molar refractivity (Wildman–Crippen MR) is 69.2 cm³/mol. The smallest absolute Gasteiger partial charge is 0.326 e. The minimum absolute atomic E-state index is 0.00782. The lowest BCUT2D eigenvalue weighted by molar-refractivity contribution is -0.146. The van der Waals surface area contributed by atoms with Crippen molar-refractivity contribution in [2.45, 2.75) is 45.1 Å². The highest BCUT2D eigenvalue weighted by Gasteiger charge is 2.35. The number of amides is 1. The molecule has 1 saturated heterocycles.